The fourth-order valence-corrected chi connectivity index (χ4v) is 9.90. The molecule has 0 spiro atoms. The molecule has 0 saturated carbocycles. The van der Waals surface area contributed by atoms with Gasteiger partial charge in [0, 0.05) is 6.61 Å². The van der Waals surface area contributed by atoms with Crippen molar-refractivity contribution in [1.29, 1.82) is 0 Å². The van der Waals surface area contributed by atoms with Crippen molar-refractivity contribution in [2.45, 2.75) is 12.5 Å². The number of hydrogen-bond acceptors (Lipinski definition) is 2. The van der Waals surface area contributed by atoms with Gasteiger partial charge in [0.2, 0.25) is 0 Å². The molecule has 0 radical (unpaired) electrons. The molecule has 1 heterocycles. The van der Waals surface area contributed by atoms with Gasteiger partial charge in [0.05, 0.1) is 7.83 Å². The molecule has 1 N–H and O–H groups in total. The molecule has 0 aromatic carbocycles. The summed E-state index contributed by atoms with van der Waals surface area (Å²) in [6.45, 7) is 1.00. The van der Waals surface area contributed by atoms with Gasteiger partial charge < -0.3 is 9.22 Å². The van der Waals surface area contributed by atoms with Gasteiger partial charge in [-0.3, -0.25) is 0 Å². The van der Waals surface area contributed by atoms with E-state index in [2.05, 4.69) is 0 Å². The first-order chi connectivity index (χ1) is 3.93. The van der Waals surface area contributed by atoms with Crippen LogP contribution in [0, 0.1) is 0 Å². The predicted octanol–water partition coefficient (Wildman–Crippen LogP) is -2.21. The first-order valence-electron chi connectivity index (χ1n) is 3.12. The molecule has 1 aliphatic heterocycles. The SMILES string of the molecule is O[SiH2][SiH]1CCCO[SiH2]1. The van der Waals surface area contributed by atoms with Gasteiger partial charge in [-0.1, -0.05) is 6.04 Å². The van der Waals surface area contributed by atoms with Crippen LogP contribution in [0.15, 0.2) is 0 Å². The van der Waals surface area contributed by atoms with Crippen molar-refractivity contribution in [2.24, 2.45) is 0 Å². The minimum atomic E-state index is -0.556. The predicted molar refractivity (Wildman–Crippen MR) is 41.8 cm³/mol. The summed E-state index contributed by atoms with van der Waals surface area (Å²) in [4.78, 5) is 8.85. The van der Waals surface area contributed by atoms with Crippen LogP contribution in [-0.4, -0.2) is 37.8 Å². The van der Waals surface area contributed by atoms with Crippen LogP contribution in [0.3, 0.4) is 0 Å². The van der Waals surface area contributed by atoms with E-state index in [1.54, 1.807) is 0 Å². The average Bonchev–Trinajstić information content (AvgIpc) is 1.90. The van der Waals surface area contributed by atoms with Crippen LogP contribution in [0.4, 0.5) is 0 Å². The Bertz CT molecular complexity index is 63.5. The lowest BCUT2D eigenvalue weighted by Gasteiger charge is -2.16. The summed E-state index contributed by atoms with van der Waals surface area (Å²) in [5, 5.41) is 0. The average molecular weight is 164 g/mol. The Morgan fingerprint density at radius 2 is 2.62 bits per heavy atom. The van der Waals surface area contributed by atoms with E-state index in [-0.39, 0.29) is 9.28 Å². The summed E-state index contributed by atoms with van der Waals surface area (Å²) in [5.41, 5.74) is 0. The van der Waals surface area contributed by atoms with Crippen LogP contribution in [0.25, 0.3) is 0 Å². The maximum absolute atomic E-state index is 8.85. The Morgan fingerprint density at radius 3 is 3.00 bits per heavy atom. The van der Waals surface area contributed by atoms with E-state index in [4.69, 9.17) is 9.22 Å². The van der Waals surface area contributed by atoms with Gasteiger partial charge in [-0.25, -0.2) is 0 Å². The molecule has 1 aliphatic rings. The molecule has 1 fully saturated rings. The van der Waals surface area contributed by atoms with Gasteiger partial charge in [-0.2, -0.15) is 0 Å². The largest absolute Gasteiger partial charge is 0.442 e. The quantitative estimate of drug-likeness (QED) is 0.445. The molecule has 1 unspecified atom stereocenters. The molecular weight excluding hydrogens is 152 g/mol. The van der Waals surface area contributed by atoms with E-state index < -0.39 is 17.1 Å². The smallest absolute Gasteiger partial charge is 0.146 e. The minimum Gasteiger partial charge on any atom is -0.442 e. The van der Waals surface area contributed by atoms with E-state index in [0.717, 1.165) is 6.61 Å². The molecule has 1 atom stereocenters. The van der Waals surface area contributed by atoms with Crippen molar-refractivity contribution in [3.8, 4) is 0 Å². The van der Waals surface area contributed by atoms with Gasteiger partial charge in [0.15, 0.2) is 0 Å². The lowest BCUT2D eigenvalue weighted by atomic mass is 10.5. The van der Waals surface area contributed by atoms with E-state index in [1.165, 1.54) is 12.5 Å². The molecule has 2 nitrogen and oxygen atoms in total. The molecule has 1 rings (SSSR count). The maximum atomic E-state index is 8.85. The fraction of sp³-hybridized carbons (Fsp3) is 1.00. The van der Waals surface area contributed by atoms with Crippen LogP contribution in [-0.2, 0) is 4.43 Å². The summed E-state index contributed by atoms with van der Waals surface area (Å²) in [6.07, 6.45) is 1.25. The van der Waals surface area contributed by atoms with Crippen molar-refractivity contribution in [1.82, 2.24) is 0 Å². The molecule has 1 saturated heterocycles. The lowest BCUT2D eigenvalue weighted by molar-refractivity contribution is 0.336. The summed E-state index contributed by atoms with van der Waals surface area (Å²) >= 11 is 0. The second-order valence-corrected chi connectivity index (χ2v) is 18.2. The summed E-state index contributed by atoms with van der Waals surface area (Å²) in [5.74, 6) is 0. The van der Waals surface area contributed by atoms with Crippen molar-refractivity contribution in [3.63, 3.8) is 0 Å². The summed E-state index contributed by atoms with van der Waals surface area (Å²) in [7, 11) is -1.18. The van der Waals surface area contributed by atoms with Crippen LogP contribution in [0.5, 0.6) is 0 Å². The third-order valence-electron chi connectivity index (χ3n) is 1.51. The Morgan fingerprint density at radius 1 is 1.75 bits per heavy atom. The Hall–Kier alpha value is 0.571. The minimum absolute atomic E-state index is 0.127. The van der Waals surface area contributed by atoms with E-state index in [0.29, 0.717) is 0 Å². The van der Waals surface area contributed by atoms with Crippen LogP contribution < -0.4 is 0 Å². The molecule has 48 valence electrons. The lowest BCUT2D eigenvalue weighted by Crippen LogP contribution is -2.36. The molecule has 0 aromatic heterocycles. The topological polar surface area (TPSA) is 29.5 Å². The van der Waals surface area contributed by atoms with Crippen LogP contribution >= 0.6 is 0 Å². The molecule has 0 aliphatic carbocycles. The second-order valence-electron chi connectivity index (χ2n) is 2.27. The zero-order chi connectivity index (χ0) is 5.82. The second kappa shape index (κ2) is 3.57. The third-order valence-corrected chi connectivity index (χ3v) is 14.8. The van der Waals surface area contributed by atoms with Crippen LogP contribution in [0.1, 0.15) is 6.42 Å². The zero-order valence-electron chi connectivity index (χ0n) is 4.97. The van der Waals surface area contributed by atoms with Crippen molar-refractivity contribution < 1.29 is 9.22 Å². The fourth-order valence-electron chi connectivity index (χ4n) is 0.951. The van der Waals surface area contributed by atoms with Gasteiger partial charge in [0.25, 0.3) is 0 Å². The molecule has 0 amide bonds. The van der Waals surface area contributed by atoms with Gasteiger partial charge in [-0.15, -0.1) is 0 Å². The normalized spacial score (nSPS) is 34.9. The van der Waals surface area contributed by atoms with E-state index >= 15 is 0 Å². The van der Waals surface area contributed by atoms with Gasteiger partial charge in [0.1, 0.15) is 18.6 Å². The highest BCUT2D eigenvalue weighted by atomic mass is 29.6. The molecule has 0 aromatic rings. The molecule has 0 bridgehead atoms. The number of rotatable bonds is 1. The summed E-state index contributed by atoms with van der Waals surface area (Å²) < 4.78 is 5.35. The first-order valence-corrected chi connectivity index (χ1v) is 11.7. The monoisotopic (exact) mass is 164 g/mol. The molecule has 5 heteroatoms. The highest BCUT2D eigenvalue weighted by Gasteiger charge is 2.14. The third kappa shape index (κ3) is 1.82. The van der Waals surface area contributed by atoms with Crippen LogP contribution in [0.2, 0.25) is 6.04 Å². The highest BCUT2D eigenvalue weighted by molar-refractivity contribution is 7.36. The van der Waals surface area contributed by atoms with Gasteiger partial charge >= 0.3 is 0 Å². The Labute approximate surface area is 55.3 Å². The Kier molecular flexibility index (Phi) is 2.98. The maximum Gasteiger partial charge on any atom is 0.146 e. The summed E-state index contributed by atoms with van der Waals surface area (Å²) in [6, 6.07) is 1.40. The number of hydrogen-bond donors (Lipinski definition) is 1. The standard InChI is InChI=1S/C3H12O2Si3/c4-6-8-3-1-2-5-7-8/h4,8H,1-3,6-7H2. The van der Waals surface area contributed by atoms with Crippen molar-refractivity contribution in [2.75, 3.05) is 6.61 Å². The van der Waals surface area contributed by atoms with E-state index in [1.807, 2.05) is 0 Å². The Balaban J connectivity index is 2.13. The van der Waals surface area contributed by atoms with Crippen molar-refractivity contribution in [3.05, 3.63) is 0 Å². The molecular formula is C3H12O2Si3. The first kappa shape index (κ1) is 6.69. The zero-order valence-corrected chi connectivity index (χ0v) is 8.95. The highest BCUT2D eigenvalue weighted by Crippen LogP contribution is 2.01. The van der Waals surface area contributed by atoms with E-state index in [9.17, 15) is 0 Å². The van der Waals surface area contributed by atoms with Gasteiger partial charge in [-0.05, 0) is 6.42 Å². The van der Waals surface area contributed by atoms with Crippen molar-refractivity contribution >= 4 is 26.4 Å². The molecule has 8 heavy (non-hydrogen) atoms.